The fraction of sp³-hybridized carbons (Fsp3) is 0.231. The van der Waals surface area contributed by atoms with Gasteiger partial charge in [0.2, 0.25) is 0 Å². The third-order valence-corrected chi connectivity index (χ3v) is 3.92. The van der Waals surface area contributed by atoms with E-state index in [4.69, 9.17) is 11.6 Å². The molecule has 1 heterocycles. The molecule has 1 aromatic heterocycles. The molecule has 0 aliphatic rings. The Labute approximate surface area is 120 Å². The van der Waals surface area contributed by atoms with Crippen molar-refractivity contribution in [2.75, 3.05) is 6.54 Å². The van der Waals surface area contributed by atoms with Gasteiger partial charge in [-0.1, -0.05) is 29.8 Å². The molecule has 0 radical (unpaired) electrons. The lowest BCUT2D eigenvalue weighted by Crippen LogP contribution is -2.16. The average Bonchev–Trinajstić information content (AvgIpc) is 2.81. The van der Waals surface area contributed by atoms with Crippen LogP contribution in [0.5, 0.6) is 0 Å². The molecule has 0 amide bonds. The standard InChI is InChI=1S/C13H13ClN2O2S/c14-13-6-5-11(19-13)9-15-8-7-10-3-1-2-4-12(10)16(17)18/h1-6,15H,7-9H2. The lowest BCUT2D eigenvalue weighted by atomic mass is 10.1. The minimum absolute atomic E-state index is 0.184. The van der Waals surface area contributed by atoms with Gasteiger partial charge >= 0.3 is 0 Å². The minimum Gasteiger partial charge on any atom is -0.312 e. The first-order valence-corrected chi connectivity index (χ1v) is 7.03. The van der Waals surface area contributed by atoms with Crippen LogP contribution in [0.1, 0.15) is 10.4 Å². The predicted octanol–water partition coefficient (Wildman–Crippen LogP) is 3.64. The van der Waals surface area contributed by atoms with Crippen LogP contribution in [0, 0.1) is 10.1 Å². The van der Waals surface area contributed by atoms with Gasteiger partial charge in [0.15, 0.2) is 0 Å². The summed E-state index contributed by atoms with van der Waals surface area (Å²) in [4.78, 5) is 11.7. The van der Waals surface area contributed by atoms with Gasteiger partial charge in [0.25, 0.3) is 5.69 Å². The topological polar surface area (TPSA) is 55.2 Å². The van der Waals surface area contributed by atoms with E-state index in [2.05, 4.69) is 5.32 Å². The van der Waals surface area contributed by atoms with Crippen molar-refractivity contribution in [2.24, 2.45) is 0 Å². The highest BCUT2D eigenvalue weighted by atomic mass is 35.5. The van der Waals surface area contributed by atoms with Crippen LogP contribution in [0.3, 0.4) is 0 Å². The Bertz CT molecular complexity index is 571. The number of hydrogen-bond donors (Lipinski definition) is 1. The highest BCUT2D eigenvalue weighted by Crippen LogP contribution is 2.21. The van der Waals surface area contributed by atoms with Gasteiger partial charge in [-0.25, -0.2) is 0 Å². The van der Waals surface area contributed by atoms with Crippen LogP contribution in [0.15, 0.2) is 36.4 Å². The van der Waals surface area contributed by atoms with E-state index in [1.54, 1.807) is 12.1 Å². The molecule has 0 saturated heterocycles. The minimum atomic E-state index is -0.339. The Balaban J connectivity index is 1.84. The molecule has 0 saturated carbocycles. The van der Waals surface area contributed by atoms with Crippen molar-refractivity contribution in [1.29, 1.82) is 0 Å². The van der Waals surface area contributed by atoms with Gasteiger partial charge in [0, 0.05) is 23.1 Å². The van der Waals surface area contributed by atoms with Crippen molar-refractivity contribution in [1.82, 2.24) is 5.32 Å². The number of rotatable bonds is 6. The number of halogens is 1. The first-order valence-electron chi connectivity index (χ1n) is 5.84. The number of nitro groups is 1. The van der Waals surface area contributed by atoms with E-state index in [9.17, 15) is 10.1 Å². The number of thiophene rings is 1. The number of benzene rings is 1. The van der Waals surface area contributed by atoms with Crippen LogP contribution >= 0.6 is 22.9 Å². The van der Waals surface area contributed by atoms with E-state index in [1.165, 1.54) is 17.4 Å². The van der Waals surface area contributed by atoms with Gasteiger partial charge in [-0.2, -0.15) is 0 Å². The van der Waals surface area contributed by atoms with Crippen molar-refractivity contribution >= 4 is 28.6 Å². The van der Waals surface area contributed by atoms with E-state index >= 15 is 0 Å². The fourth-order valence-corrected chi connectivity index (χ4v) is 2.84. The molecule has 19 heavy (non-hydrogen) atoms. The molecule has 0 unspecified atom stereocenters. The fourth-order valence-electron chi connectivity index (χ4n) is 1.78. The molecule has 0 atom stereocenters. The van der Waals surface area contributed by atoms with Crippen LogP contribution in [0.2, 0.25) is 4.34 Å². The monoisotopic (exact) mass is 296 g/mol. The zero-order valence-electron chi connectivity index (χ0n) is 10.1. The summed E-state index contributed by atoms with van der Waals surface area (Å²) >= 11 is 7.38. The van der Waals surface area contributed by atoms with E-state index in [1.807, 2.05) is 18.2 Å². The predicted molar refractivity (Wildman–Crippen MR) is 77.8 cm³/mol. The molecule has 0 aliphatic heterocycles. The first-order chi connectivity index (χ1) is 9.16. The molecule has 0 spiro atoms. The van der Waals surface area contributed by atoms with Gasteiger partial charge in [-0.05, 0) is 25.1 Å². The molecule has 2 aromatic rings. The summed E-state index contributed by atoms with van der Waals surface area (Å²) in [6.45, 7) is 1.43. The lowest BCUT2D eigenvalue weighted by Gasteiger charge is -2.04. The highest BCUT2D eigenvalue weighted by Gasteiger charge is 2.11. The SMILES string of the molecule is O=[N+]([O-])c1ccccc1CCNCc1ccc(Cl)s1. The second-order valence-corrected chi connectivity index (χ2v) is 5.82. The zero-order valence-corrected chi connectivity index (χ0v) is 11.7. The average molecular weight is 297 g/mol. The maximum absolute atomic E-state index is 10.9. The van der Waals surface area contributed by atoms with Crippen molar-refractivity contribution in [3.63, 3.8) is 0 Å². The lowest BCUT2D eigenvalue weighted by molar-refractivity contribution is -0.385. The van der Waals surface area contributed by atoms with Gasteiger partial charge in [0.1, 0.15) is 0 Å². The summed E-state index contributed by atoms with van der Waals surface area (Å²) in [5.41, 5.74) is 0.938. The Morgan fingerprint density at radius 2 is 2.05 bits per heavy atom. The maximum atomic E-state index is 10.9. The van der Waals surface area contributed by atoms with Crippen molar-refractivity contribution in [2.45, 2.75) is 13.0 Å². The molecule has 1 aromatic carbocycles. The Kier molecular flexibility index (Phi) is 4.90. The van der Waals surface area contributed by atoms with Crippen LogP contribution < -0.4 is 5.32 Å². The van der Waals surface area contributed by atoms with Gasteiger partial charge < -0.3 is 5.32 Å². The summed E-state index contributed by atoms with van der Waals surface area (Å²) in [6, 6.07) is 10.7. The molecule has 0 bridgehead atoms. The normalized spacial score (nSPS) is 10.6. The Hall–Kier alpha value is -1.43. The molecule has 2 rings (SSSR count). The van der Waals surface area contributed by atoms with E-state index in [0.717, 1.165) is 21.3 Å². The molecule has 6 heteroatoms. The second-order valence-electron chi connectivity index (χ2n) is 4.02. The highest BCUT2D eigenvalue weighted by molar-refractivity contribution is 7.16. The summed E-state index contributed by atoms with van der Waals surface area (Å²) in [7, 11) is 0. The van der Waals surface area contributed by atoms with Crippen molar-refractivity contribution < 1.29 is 4.92 Å². The quantitative estimate of drug-likeness (QED) is 0.503. The van der Waals surface area contributed by atoms with Gasteiger partial charge in [-0.3, -0.25) is 10.1 Å². The molecule has 100 valence electrons. The van der Waals surface area contributed by atoms with Crippen LogP contribution in [0.25, 0.3) is 0 Å². The first kappa shape index (κ1) is 14.0. The largest absolute Gasteiger partial charge is 0.312 e. The molecule has 0 fully saturated rings. The summed E-state index contributed by atoms with van der Waals surface area (Å²) < 4.78 is 0.774. The Morgan fingerprint density at radius 3 is 2.74 bits per heavy atom. The molecular formula is C13H13ClN2O2S. The second kappa shape index (κ2) is 6.65. The van der Waals surface area contributed by atoms with Crippen molar-refractivity contribution in [3.05, 3.63) is 61.3 Å². The maximum Gasteiger partial charge on any atom is 0.272 e. The van der Waals surface area contributed by atoms with E-state index in [0.29, 0.717) is 13.0 Å². The molecule has 4 nitrogen and oxygen atoms in total. The van der Waals surface area contributed by atoms with Gasteiger partial charge in [-0.15, -0.1) is 11.3 Å². The van der Waals surface area contributed by atoms with Gasteiger partial charge in [0.05, 0.1) is 9.26 Å². The van der Waals surface area contributed by atoms with E-state index in [-0.39, 0.29) is 10.6 Å². The number of hydrogen-bond acceptors (Lipinski definition) is 4. The molecular weight excluding hydrogens is 284 g/mol. The zero-order chi connectivity index (χ0) is 13.7. The summed E-state index contributed by atoms with van der Waals surface area (Å²) in [6.07, 6.45) is 0.635. The number of nitrogens with zero attached hydrogens (tertiary/aromatic N) is 1. The Morgan fingerprint density at radius 1 is 1.26 bits per heavy atom. The number of nitro benzene ring substituents is 1. The van der Waals surface area contributed by atoms with E-state index < -0.39 is 0 Å². The summed E-state index contributed by atoms with van der Waals surface area (Å²) in [5.74, 6) is 0. The third kappa shape index (κ3) is 4.02. The van der Waals surface area contributed by atoms with Crippen LogP contribution in [0.4, 0.5) is 5.69 Å². The number of nitrogens with one attached hydrogen (secondary N) is 1. The van der Waals surface area contributed by atoms with Crippen LogP contribution in [-0.2, 0) is 13.0 Å². The van der Waals surface area contributed by atoms with Crippen molar-refractivity contribution in [3.8, 4) is 0 Å². The smallest absolute Gasteiger partial charge is 0.272 e. The molecule has 1 N–H and O–H groups in total. The number of para-hydroxylation sites is 1. The van der Waals surface area contributed by atoms with Crippen LogP contribution in [-0.4, -0.2) is 11.5 Å². The molecule has 0 aliphatic carbocycles. The summed E-state index contributed by atoms with van der Waals surface area (Å²) in [5, 5.41) is 14.1. The third-order valence-electron chi connectivity index (χ3n) is 2.69.